The monoisotopic (exact) mass is 469 g/mol. The molecule has 0 saturated heterocycles. The molecule has 0 fully saturated rings. The van der Waals surface area contributed by atoms with Gasteiger partial charge in [0, 0.05) is 12.3 Å². The number of hydrogen-bond donors (Lipinski definition) is 4. The number of hydrogen-bond acceptors (Lipinski definition) is 8. The summed E-state index contributed by atoms with van der Waals surface area (Å²) in [6.07, 6.45) is -0.801. The molecule has 0 aliphatic carbocycles. The number of likely N-dealkylation sites (N-methyl/N-ethyl adjacent to an activating group) is 1. The number of ether oxygens (including phenoxy) is 2. The molecule has 11 heteroatoms. The summed E-state index contributed by atoms with van der Waals surface area (Å²) in [6.45, 7) is 6.40. The van der Waals surface area contributed by atoms with Crippen LogP contribution in [0, 0.1) is 0 Å². The summed E-state index contributed by atoms with van der Waals surface area (Å²) in [6, 6.07) is 3.59. The van der Waals surface area contributed by atoms with Crippen molar-refractivity contribution in [1.82, 2.24) is 15.5 Å². The van der Waals surface area contributed by atoms with Crippen LogP contribution in [0.15, 0.2) is 24.3 Å². The van der Waals surface area contributed by atoms with Crippen molar-refractivity contribution in [3.05, 3.63) is 29.8 Å². The fourth-order valence-corrected chi connectivity index (χ4v) is 3.04. The van der Waals surface area contributed by atoms with Crippen molar-refractivity contribution >= 4 is 36.5 Å². The van der Waals surface area contributed by atoms with E-state index >= 15 is 0 Å². The molecule has 1 rings (SSSR count). The Morgan fingerprint density at radius 3 is 2.38 bits per heavy atom. The average molecular weight is 470 g/mol. The summed E-state index contributed by atoms with van der Waals surface area (Å²) in [5.41, 5.74) is -0.450. The Morgan fingerprint density at radius 2 is 1.88 bits per heavy atom. The maximum Gasteiger partial charge on any atom is 0.408 e. The second-order valence-electron chi connectivity index (χ2n) is 7.80. The molecule has 0 radical (unpaired) electrons. The number of rotatable bonds is 9. The molecule has 3 amide bonds. The van der Waals surface area contributed by atoms with Crippen molar-refractivity contribution in [3.63, 3.8) is 0 Å². The minimum atomic E-state index is -1.19. The van der Waals surface area contributed by atoms with Gasteiger partial charge in [0.25, 0.3) is 0 Å². The van der Waals surface area contributed by atoms with Gasteiger partial charge in [-0.15, -0.1) is 0 Å². The highest BCUT2D eigenvalue weighted by Crippen LogP contribution is 2.25. The van der Waals surface area contributed by atoms with E-state index in [1.807, 2.05) is 0 Å². The third-order valence-electron chi connectivity index (χ3n) is 4.18. The molecule has 0 aliphatic heterocycles. The van der Waals surface area contributed by atoms with Crippen molar-refractivity contribution in [2.75, 3.05) is 26.0 Å². The van der Waals surface area contributed by atoms with Crippen LogP contribution in [-0.4, -0.2) is 71.5 Å². The first kappa shape index (κ1) is 27.1. The van der Waals surface area contributed by atoms with Crippen LogP contribution in [-0.2, 0) is 23.9 Å². The average Bonchev–Trinajstić information content (AvgIpc) is 2.71. The molecule has 0 spiro atoms. The fourth-order valence-electron chi connectivity index (χ4n) is 2.80. The lowest BCUT2D eigenvalue weighted by Gasteiger charge is -2.33. The number of aromatic hydroxyl groups is 1. The highest BCUT2D eigenvalue weighted by Gasteiger charge is 2.35. The molecule has 32 heavy (non-hydrogen) atoms. The van der Waals surface area contributed by atoms with Gasteiger partial charge in [-0.25, -0.2) is 4.79 Å². The van der Waals surface area contributed by atoms with E-state index in [-0.39, 0.29) is 18.0 Å². The molecule has 0 aromatic heterocycles. The minimum Gasteiger partial charge on any atom is -0.508 e. The summed E-state index contributed by atoms with van der Waals surface area (Å²) in [4.78, 5) is 51.1. The number of carbonyl (C=O) groups is 4. The van der Waals surface area contributed by atoms with Crippen molar-refractivity contribution < 1.29 is 33.8 Å². The number of esters is 1. The summed E-state index contributed by atoms with van der Waals surface area (Å²) in [5, 5.41) is 14.8. The maximum atomic E-state index is 13.3. The van der Waals surface area contributed by atoms with E-state index in [2.05, 4.69) is 28.0 Å². The van der Waals surface area contributed by atoms with Gasteiger partial charge in [0.2, 0.25) is 11.8 Å². The smallest absolute Gasteiger partial charge is 0.408 e. The molecule has 1 aromatic rings. The van der Waals surface area contributed by atoms with Gasteiger partial charge < -0.3 is 30.1 Å². The van der Waals surface area contributed by atoms with Crippen LogP contribution < -0.4 is 10.6 Å². The Kier molecular flexibility index (Phi) is 10.3. The Labute approximate surface area is 193 Å². The number of phenolic OH excluding ortho intramolecular Hbond substituents is 1. The number of nitrogens with zero attached hydrogens (tertiary/aromatic N) is 1. The molecule has 3 N–H and O–H groups in total. The zero-order valence-corrected chi connectivity index (χ0v) is 19.8. The molecule has 0 bridgehead atoms. The van der Waals surface area contributed by atoms with Gasteiger partial charge in [0.05, 0.1) is 7.11 Å². The van der Waals surface area contributed by atoms with Gasteiger partial charge in [-0.1, -0.05) is 12.1 Å². The summed E-state index contributed by atoms with van der Waals surface area (Å²) < 4.78 is 9.73. The lowest BCUT2D eigenvalue weighted by molar-refractivity contribution is -0.144. The van der Waals surface area contributed by atoms with Crippen LogP contribution >= 0.6 is 12.6 Å². The normalized spacial score (nSPS) is 12.8. The summed E-state index contributed by atoms with van der Waals surface area (Å²) in [5.74, 6) is -2.07. The Morgan fingerprint density at radius 1 is 1.22 bits per heavy atom. The summed E-state index contributed by atoms with van der Waals surface area (Å²) >= 11 is 4.16. The van der Waals surface area contributed by atoms with Crippen LogP contribution in [0.1, 0.15) is 39.3 Å². The molecule has 0 aliphatic rings. The van der Waals surface area contributed by atoms with Gasteiger partial charge >= 0.3 is 12.1 Å². The van der Waals surface area contributed by atoms with E-state index in [4.69, 9.17) is 4.74 Å². The standard InChI is InChI=1S/C21H31N3O7S/c1-6-24(19(28)15(12-32)23-20(29)31-21(2,3)4)17(13-8-7-9-14(25)10-13)18(27)22-11-16(26)30-5/h7-10,15,17,25,32H,6,11-12H2,1-5H3,(H,22,27)(H,23,29). The van der Waals surface area contributed by atoms with Crippen molar-refractivity contribution in [3.8, 4) is 5.75 Å². The van der Waals surface area contributed by atoms with Crippen LogP contribution in [0.4, 0.5) is 4.79 Å². The quantitative estimate of drug-likeness (QED) is 0.317. The van der Waals surface area contributed by atoms with Crippen LogP contribution in [0.2, 0.25) is 0 Å². The maximum absolute atomic E-state index is 13.3. The van der Waals surface area contributed by atoms with Crippen LogP contribution in [0.3, 0.4) is 0 Å². The van der Waals surface area contributed by atoms with Gasteiger partial charge in [-0.2, -0.15) is 12.6 Å². The molecule has 0 saturated carbocycles. The van der Waals surface area contributed by atoms with E-state index in [1.54, 1.807) is 33.8 Å². The lowest BCUT2D eigenvalue weighted by atomic mass is 10.0. The number of nitrogens with one attached hydrogen (secondary N) is 2. The second kappa shape index (κ2) is 12.2. The van der Waals surface area contributed by atoms with Gasteiger partial charge in [-0.05, 0) is 45.4 Å². The molecule has 2 atom stereocenters. The number of thiol groups is 1. The molecule has 10 nitrogen and oxygen atoms in total. The van der Waals surface area contributed by atoms with Gasteiger partial charge in [0.1, 0.15) is 30.0 Å². The van der Waals surface area contributed by atoms with Gasteiger partial charge in [-0.3, -0.25) is 14.4 Å². The predicted octanol–water partition coefficient (Wildman–Crippen LogP) is 1.39. The molecule has 1 aromatic carbocycles. The van der Waals surface area contributed by atoms with E-state index in [0.717, 1.165) is 0 Å². The second-order valence-corrected chi connectivity index (χ2v) is 8.16. The summed E-state index contributed by atoms with van der Waals surface area (Å²) in [7, 11) is 1.18. The lowest BCUT2D eigenvalue weighted by Crippen LogP contribution is -2.54. The zero-order chi connectivity index (χ0) is 24.5. The van der Waals surface area contributed by atoms with Crippen molar-refractivity contribution in [2.24, 2.45) is 0 Å². The minimum absolute atomic E-state index is 0.0505. The topological polar surface area (TPSA) is 134 Å². The number of alkyl carbamates (subject to hydrolysis) is 1. The number of phenols is 1. The van der Waals surface area contributed by atoms with Gasteiger partial charge in [0.15, 0.2) is 0 Å². The fraction of sp³-hybridized carbons (Fsp3) is 0.524. The van der Waals surface area contributed by atoms with Crippen LogP contribution in [0.25, 0.3) is 0 Å². The third kappa shape index (κ3) is 8.29. The largest absolute Gasteiger partial charge is 0.508 e. The Balaban J connectivity index is 3.22. The highest BCUT2D eigenvalue weighted by molar-refractivity contribution is 7.80. The van der Waals surface area contributed by atoms with Crippen molar-refractivity contribution in [1.29, 1.82) is 0 Å². The highest BCUT2D eigenvalue weighted by atomic mass is 32.1. The number of amides is 3. The van der Waals surface area contributed by atoms with E-state index in [9.17, 15) is 24.3 Å². The molecular formula is C21H31N3O7S. The zero-order valence-electron chi connectivity index (χ0n) is 18.9. The van der Waals surface area contributed by atoms with Crippen molar-refractivity contribution in [2.45, 2.75) is 45.4 Å². The van der Waals surface area contributed by atoms with E-state index < -0.39 is 48.1 Å². The first-order valence-corrected chi connectivity index (χ1v) is 10.6. The Hall–Kier alpha value is -2.95. The number of carbonyl (C=O) groups excluding carboxylic acids is 4. The first-order valence-electron chi connectivity index (χ1n) is 9.97. The first-order chi connectivity index (χ1) is 14.9. The van der Waals surface area contributed by atoms with E-state index in [1.165, 1.54) is 30.2 Å². The Bertz CT molecular complexity index is 826. The van der Waals surface area contributed by atoms with E-state index in [0.29, 0.717) is 5.56 Å². The van der Waals surface area contributed by atoms with Crippen LogP contribution in [0.5, 0.6) is 5.75 Å². The number of benzene rings is 1. The third-order valence-corrected chi connectivity index (χ3v) is 4.54. The molecule has 2 unspecified atom stereocenters. The molecular weight excluding hydrogens is 438 g/mol. The molecule has 0 heterocycles. The predicted molar refractivity (Wildman–Crippen MR) is 120 cm³/mol. The SMILES string of the molecule is CCN(C(=O)C(CS)NC(=O)OC(C)(C)C)C(C(=O)NCC(=O)OC)c1cccc(O)c1. The number of methoxy groups -OCH3 is 1. The molecule has 178 valence electrons.